The van der Waals surface area contributed by atoms with Gasteiger partial charge in [0.05, 0.1) is 19.3 Å². The highest BCUT2D eigenvalue weighted by molar-refractivity contribution is 6.18. The van der Waals surface area contributed by atoms with Crippen molar-refractivity contribution in [3.8, 4) is 0 Å². The summed E-state index contributed by atoms with van der Waals surface area (Å²) in [5, 5.41) is 0. The number of rotatable bonds is 4. The van der Waals surface area contributed by atoms with E-state index in [4.69, 9.17) is 16.3 Å². The molecule has 1 aliphatic heterocycles. The molecule has 1 fully saturated rings. The molecule has 0 bridgehead atoms. The lowest BCUT2D eigenvalue weighted by Gasteiger charge is -2.34. The van der Waals surface area contributed by atoms with Gasteiger partial charge in [-0.1, -0.05) is 13.8 Å². The van der Waals surface area contributed by atoms with E-state index in [2.05, 4.69) is 18.8 Å². The van der Waals surface area contributed by atoms with E-state index in [1.54, 1.807) is 17.0 Å². The van der Waals surface area contributed by atoms with Gasteiger partial charge in [0.2, 0.25) is 0 Å². The Morgan fingerprint density at radius 3 is 3.05 bits per heavy atom. The number of ether oxygens (including phenoxy) is 1. The summed E-state index contributed by atoms with van der Waals surface area (Å²) in [6.07, 6.45) is 3.42. The minimum atomic E-state index is -0.0479. The van der Waals surface area contributed by atoms with Crippen LogP contribution in [0.3, 0.4) is 0 Å². The van der Waals surface area contributed by atoms with Crippen LogP contribution >= 0.6 is 11.6 Å². The highest BCUT2D eigenvalue weighted by atomic mass is 35.5. The summed E-state index contributed by atoms with van der Waals surface area (Å²) in [4.78, 5) is 18.7. The predicted octanol–water partition coefficient (Wildman–Crippen LogP) is 1.34. The van der Waals surface area contributed by atoms with E-state index in [1.165, 1.54) is 0 Å². The van der Waals surface area contributed by atoms with Gasteiger partial charge >= 0.3 is 0 Å². The smallest absolute Gasteiger partial charge is 0.293 e. The second-order valence-corrected chi connectivity index (χ2v) is 5.49. The zero-order valence-electron chi connectivity index (χ0n) is 11.4. The molecule has 0 saturated carbocycles. The number of morpholine rings is 1. The van der Waals surface area contributed by atoms with Crippen LogP contribution in [0.25, 0.3) is 0 Å². The first-order valence-corrected chi connectivity index (χ1v) is 7.12. The van der Waals surface area contributed by atoms with Crippen LogP contribution in [0.4, 0.5) is 5.82 Å². The molecule has 0 aliphatic carbocycles. The Labute approximate surface area is 118 Å². The van der Waals surface area contributed by atoms with Crippen LogP contribution in [-0.4, -0.2) is 41.2 Å². The van der Waals surface area contributed by atoms with Gasteiger partial charge in [-0.05, 0) is 5.92 Å². The van der Waals surface area contributed by atoms with Gasteiger partial charge in [-0.3, -0.25) is 4.79 Å². The average molecular weight is 286 g/mol. The number of nitrogens with zero attached hydrogens (tertiary/aromatic N) is 3. The molecule has 1 saturated heterocycles. The minimum absolute atomic E-state index is 0.0190. The molecule has 0 radical (unpaired) electrons. The molecular weight excluding hydrogens is 266 g/mol. The summed E-state index contributed by atoms with van der Waals surface area (Å²) >= 11 is 5.94. The maximum Gasteiger partial charge on any atom is 0.293 e. The molecule has 6 heteroatoms. The summed E-state index contributed by atoms with van der Waals surface area (Å²) in [5.74, 6) is 1.33. The number of halogens is 1. The van der Waals surface area contributed by atoms with E-state index in [-0.39, 0.29) is 11.6 Å². The summed E-state index contributed by atoms with van der Waals surface area (Å²) in [5.41, 5.74) is -0.0479. The van der Waals surface area contributed by atoms with Crippen molar-refractivity contribution < 1.29 is 4.74 Å². The minimum Gasteiger partial charge on any atom is -0.377 e. The Morgan fingerprint density at radius 2 is 2.37 bits per heavy atom. The Balaban J connectivity index is 2.31. The van der Waals surface area contributed by atoms with Crippen molar-refractivity contribution >= 4 is 17.4 Å². The van der Waals surface area contributed by atoms with Crippen LogP contribution in [0.2, 0.25) is 0 Å². The molecule has 2 heterocycles. The Kier molecular flexibility index (Phi) is 4.82. The van der Waals surface area contributed by atoms with Crippen molar-refractivity contribution in [1.29, 1.82) is 0 Å². The molecule has 2 rings (SSSR count). The van der Waals surface area contributed by atoms with Crippen molar-refractivity contribution in [2.75, 3.05) is 30.5 Å². The highest BCUT2D eigenvalue weighted by Gasteiger charge is 2.25. The second kappa shape index (κ2) is 6.39. The van der Waals surface area contributed by atoms with E-state index in [0.29, 0.717) is 43.9 Å². The standard InChI is InChI=1S/C13H20ClN3O2/c1-10(2)8-16-4-3-15-12(13(16)18)17-5-6-19-9-11(17)7-14/h3-4,10-11H,5-9H2,1-2H3. The molecule has 1 atom stereocenters. The SMILES string of the molecule is CC(C)Cn1ccnc(N2CCOCC2CCl)c1=O. The van der Waals surface area contributed by atoms with E-state index in [1.807, 2.05) is 4.90 Å². The third-order valence-corrected chi connectivity index (χ3v) is 3.49. The van der Waals surface area contributed by atoms with Gasteiger partial charge in [-0.25, -0.2) is 4.98 Å². The van der Waals surface area contributed by atoms with Gasteiger partial charge in [0.25, 0.3) is 5.56 Å². The Morgan fingerprint density at radius 1 is 1.58 bits per heavy atom. The van der Waals surface area contributed by atoms with Crippen molar-refractivity contribution in [2.24, 2.45) is 5.92 Å². The molecule has 1 unspecified atom stereocenters. The maximum absolute atomic E-state index is 12.4. The lowest BCUT2D eigenvalue weighted by atomic mass is 10.2. The maximum atomic E-state index is 12.4. The lowest BCUT2D eigenvalue weighted by Crippen LogP contribution is -2.49. The summed E-state index contributed by atoms with van der Waals surface area (Å²) in [6.45, 7) is 6.68. The number of anilines is 1. The number of hydrogen-bond donors (Lipinski definition) is 0. The fourth-order valence-electron chi connectivity index (χ4n) is 2.23. The van der Waals surface area contributed by atoms with Crippen LogP contribution in [-0.2, 0) is 11.3 Å². The summed E-state index contributed by atoms with van der Waals surface area (Å²) in [6, 6.07) is 0.0190. The molecule has 0 amide bonds. The van der Waals surface area contributed by atoms with Crippen LogP contribution in [0, 0.1) is 5.92 Å². The third-order valence-electron chi connectivity index (χ3n) is 3.14. The van der Waals surface area contributed by atoms with Crippen molar-refractivity contribution in [3.05, 3.63) is 22.7 Å². The van der Waals surface area contributed by atoms with Crippen LogP contribution < -0.4 is 10.5 Å². The van der Waals surface area contributed by atoms with E-state index < -0.39 is 0 Å². The van der Waals surface area contributed by atoms with Gasteiger partial charge in [0, 0.05) is 31.4 Å². The third kappa shape index (κ3) is 3.28. The van der Waals surface area contributed by atoms with Crippen LogP contribution in [0.5, 0.6) is 0 Å². The van der Waals surface area contributed by atoms with E-state index in [0.717, 1.165) is 0 Å². The number of hydrogen-bond acceptors (Lipinski definition) is 4. The van der Waals surface area contributed by atoms with Crippen molar-refractivity contribution in [1.82, 2.24) is 9.55 Å². The zero-order chi connectivity index (χ0) is 13.8. The van der Waals surface area contributed by atoms with Crippen molar-refractivity contribution in [2.45, 2.75) is 26.4 Å². The van der Waals surface area contributed by atoms with E-state index in [9.17, 15) is 4.79 Å². The molecule has 19 heavy (non-hydrogen) atoms. The fourth-order valence-corrected chi connectivity index (χ4v) is 2.49. The van der Waals surface area contributed by atoms with Gasteiger partial charge in [0.1, 0.15) is 0 Å². The van der Waals surface area contributed by atoms with Gasteiger partial charge in [-0.2, -0.15) is 0 Å². The Bertz CT molecular complexity index is 475. The first-order chi connectivity index (χ1) is 9.13. The molecule has 106 valence electrons. The van der Waals surface area contributed by atoms with Gasteiger partial charge in [0.15, 0.2) is 5.82 Å². The molecule has 0 aromatic carbocycles. The highest BCUT2D eigenvalue weighted by Crippen LogP contribution is 2.14. The first kappa shape index (κ1) is 14.3. The Hall–Kier alpha value is -1.07. The van der Waals surface area contributed by atoms with E-state index >= 15 is 0 Å². The molecule has 1 aromatic rings. The average Bonchev–Trinajstić information content (AvgIpc) is 2.41. The normalized spacial score (nSPS) is 20.0. The van der Waals surface area contributed by atoms with Crippen molar-refractivity contribution in [3.63, 3.8) is 0 Å². The number of aromatic nitrogens is 2. The molecule has 1 aromatic heterocycles. The van der Waals surface area contributed by atoms with Crippen LogP contribution in [0.15, 0.2) is 17.2 Å². The quantitative estimate of drug-likeness (QED) is 0.784. The molecule has 0 spiro atoms. The predicted molar refractivity (Wildman–Crippen MR) is 76.0 cm³/mol. The molecular formula is C13H20ClN3O2. The zero-order valence-corrected chi connectivity index (χ0v) is 12.1. The topological polar surface area (TPSA) is 47.4 Å². The molecule has 0 N–H and O–H groups in total. The molecule has 1 aliphatic rings. The summed E-state index contributed by atoms with van der Waals surface area (Å²) in [7, 11) is 0. The van der Waals surface area contributed by atoms with Crippen LogP contribution in [0.1, 0.15) is 13.8 Å². The summed E-state index contributed by atoms with van der Waals surface area (Å²) < 4.78 is 7.11. The van der Waals surface area contributed by atoms with Gasteiger partial charge in [-0.15, -0.1) is 11.6 Å². The monoisotopic (exact) mass is 285 g/mol. The largest absolute Gasteiger partial charge is 0.377 e. The fraction of sp³-hybridized carbons (Fsp3) is 0.692. The first-order valence-electron chi connectivity index (χ1n) is 6.59. The second-order valence-electron chi connectivity index (χ2n) is 5.18. The molecule has 5 nitrogen and oxygen atoms in total. The lowest BCUT2D eigenvalue weighted by molar-refractivity contribution is 0.0991. The number of alkyl halides is 1. The van der Waals surface area contributed by atoms with Gasteiger partial charge < -0.3 is 14.2 Å².